The lowest BCUT2D eigenvalue weighted by Gasteiger charge is -2.20. The SMILES string of the molecule is CCCCc1oc2ccccc2c1OC(=O)NCc1ccc2c(-c3ccc(C(C)(C)C)cc3)c(OCc3nn[nH]n3)ccc2c1. The lowest BCUT2D eigenvalue weighted by Crippen LogP contribution is -2.26. The molecule has 0 aliphatic carbocycles. The van der Waals surface area contributed by atoms with Gasteiger partial charge in [0.1, 0.15) is 17.1 Å². The van der Waals surface area contributed by atoms with Gasteiger partial charge < -0.3 is 19.2 Å². The number of rotatable bonds is 10. The van der Waals surface area contributed by atoms with E-state index in [1.54, 1.807) is 0 Å². The van der Waals surface area contributed by atoms with Gasteiger partial charge in [-0.2, -0.15) is 5.21 Å². The molecule has 9 heteroatoms. The molecule has 0 saturated carbocycles. The fourth-order valence-electron chi connectivity index (χ4n) is 5.40. The van der Waals surface area contributed by atoms with Crippen LogP contribution in [0.15, 0.2) is 83.3 Å². The van der Waals surface area contributed by atoms with Gasteiger partial charge in [-0.3, -0.25) is 0 Å². The summed E-state index contributed by atoms with van der Waals surface area (Å²) in [4.78, 5) is 13.0. The molecule has 230 valence electrons. The number of carbonyl (C=O) groups is 1. The zero-order valence-electron chi connectivity index (χ0n) is 26.0. The summed E-state index contributed by atoms with van der Waals surface area (Å²) in [5, 5.41) is 19.9. The molecule has 2 aromatic heterocycles. The summed E-state index contributed by atoms with van der Waals surface area (Å²) >= 11 is 0. The summed E-state index contributed by atoms with van der Waals surface area (Å²) < 4.78 is 18.0. The first-order valence-electron chi connectivity index (χ1n) is 15.3. The van der Waals surface area contributed by atoms with Crippen molar-refractivity contribution in [3.05, 3.63) is 102 Å². The molecule has 0 spiro atoms. The highest BCUT2D eigenvalue weighted by Gasteiger charge is 2.19. The first kappa shape index (κ1) is 29.9. The second-order valence-corrected chi connectivity index (χ2v) is 12.1. The number of carbonyl (C=O) groups excluding carboxylic acids is 1. The Balaban J connectivity index is 1.24. The Morgan fingerprint density at radius 1 is 0.978 bits per heavy atom. The number of H-pyrrole nitrogens is 1. The number of aromatic nitrogens is 4. The maximum atomic E-state index is 13.0. The Hall–Kier alpha value is -5.18. The molecule has 0 aliphatic heterocycles. The minimum Gasteiger partial charge on any atom is -0.485 e. The standard InChI is InChI=1S/C36H37N5O4/c1-5-6-10-31-34(28-9-7-8-11-29(28)44-31)45-35(42)37-21-23-12-18-27-25(20-23)15-19-30(43-22-32-38-40-41-39-32)33(27)24-13-16-26(17-14-24)36(2,3)4/h7-9,11-20H,5-6,10,21-22H2,1-4H3,(H,37,42)(H,38,39,40,41). The van der Waals surface area contributed by atoms with Crippen molar-refractivity contribution in [2.75, 3.05) is 0 Å². The van der Waals surface area contributed by atoms with Crippen LogP contribution in [0.25, 0.3) is 32.9 Å². The molecule has 0 bridgehead atoms. The van der Waals surface area contributed by atoms with Gasteiger partial charge >= 0.3 is 6.09 Å². The van der Waals surface area contributed by atoms with E-state index in [0.717, 1.165) is 51.4 Å². The molecule has 0 radical (unpaired) electrons. The van der Waals surface area contributed by atoms with Gasteiger partial charge in [-0.1, -0.05) is 93.9 Å². The quantitative estimate of drug-likeness (QED) is 0.162. The van der Waals surface area contributed by atoms with Gasteiger partial charge in [0.2, 0.25) is 5.82 Å². The Kier molecular flexibility index (Phi) is 8.51. The monoisotopic (exact) mass is 603 g/mol. The van der Waals surface area contributed by atoms with Crippen LogP contribution < -0.4 is 14.8 Å². The summed E-state index contributed by atoms with van der Waals surface area (Å²) in [5.41, 5.74) is 4.96. The lowest BCUT2D eigenvalue weighted by molar-refractivity contribution is 0.199. The fourth-order valence-corrected chi connectivity index (χ4v) is 5.40. The molecule has 2 heterocycles. The van der Waals surface area contributed by atoms with Crippen molar-refractivity contribution in [3.8, 4) is 22.6 Å². The Morgan fingerprint density at radius 2 is 1.80 bits per heavy atom. The number of hydrogen-bond acceptors (Lipinski definition) is 7. The molecule has 45 heavy (non-hydrogen) atoms. The lowest BCUT2D eigenvalue weighted by atomic mass is 9.85. The largest absolute Gasteiger partial charge is 0.485 e. The van der Waals surface area contributed by atoms with Crippen molar-refractivity contribution < 1.29 is 18.7 Å². The number of benzene rings is 4. The van der Waals surface area contributed by atoms with E-state index in [4.69, 9.17) is 13.9 Å². The molecule has 6 aromatic rings. The van der Waals surface area contributed by atoms with Crippen molar-refractivity contribution in [2.45, 2.75) is 65.5 Å². The van der Waals surface area contributed by atoms with E-state index in [-0.39, 0.29) is 12.0 Å². The minimum atomic E-state index is -0.524. The van der Waals surface area contributed by atoms with Gasteiger partial charge in [-0.05, 0) is 63.6 Å². The van der Waals surface area contributed by atoms with E-state index < -0.39 is 6.09 Å². The van der Waals surface area contributed by atoms with Crippen molar-refractivity contribution in [1.82, 2.24) is 25.9 Å². The third-order valence-electron chi connectivity index (χ3n) is 7.84. The number of aryl methyl sites for hydroxylation is 1. The molecule has 0 fully saturated rings. The molecule has 0 aliphatic rings. The van der Waals surface area contributed by atoms with Crippen molar-refractivity contribution in [3.63, 3.8) is 0 Å². The van der Waals surface area contributed by atoms with Crippen LogP contribution in [0.5, 0.6) is 11.5 Å². The van der Waals surface area contributed by atoms with E-state index in [9.17, 15) is 4.79 Å². The summed E-state index contributed by atoms with van der Waals surface area (Å²) in [5.74, 6) is 2.37. The minimum absolute atomic E-state index is 0.0417. The van der Waals surface area contributed by atoms with Crippen LogP contribution in [-0.4, -0.2) is 26.7 Å². The van der Waals surface area contributed by atoms with Crippen molar-refractivity contribution in [2.24, 2.45) is 0 Å². The zero-order valence-corrected chi connectivity index (χ0v) is 26.0. The molecule has 9 nitrogen and oxygen atoms in total. The van der Waals surface area contributed by atoms with Crippen LogP contribution in [0.3, 0.4) is 0 Å². The third-order valence-corrected chi connectivity index (χ3v) is 7.84. The summed E-state index contributed by atoms with van der Waals surface area (Å²) in [6.45, 7) is 9.22. The number of furan rings is 1. The fraction of sp³-hybridized carbons (Fsp3) is 0.278. The predicted octanol–water partition coefficient (Wildman–Crippen LogP) is 8.27. The molecule has 6 rings (SSSR count). The highest BCUT2D eigenvalue weighted by atomic mass is 16.6. The molecular formula is C36H37N5O4. The van der Waals surface area contributed by atoms with E-state index >= 15 is 0 Å². The van der Waals surface area contributed by atoms with E-state index in [0.29, 0.717) is 35.9 Å². The molecule has 0 saturated heterocycles. The molecule has 2 N–H and O–H groups in total. The van der Waals surface area contributed by atoms with Crippen LogP contribution in [0.2, 0.25) is 0 Å². The van der Waals surface area contributed by atoms with Crippen LogP contribution in [0.4, 0.5) is 4.79 Å². The normalized spacial score (nSPS) is 11.6. The topological polar surface area (TPSA) is 115 Å². The number of unbranched alkanes of at least 4 members (excludes halogenated alkanes) is 1. The molecule has 0 atom stereocenters. The van der Waals surface area contributed by atoms with Gasteiger partial charge in [0.05, 0.1) is 5.39 Å². The summed E-state index contributed by atoms with van der Waals surface area (Å²) in [6, 6.07) is 26.4. The summed E-state index contributed by atoms with van der Waals surface area (Å²) in [7, 11) is 0. The van der Waals surface area contributed by atoms with E-state index in [1.165, 1.54) is 5.56 Å². The number of aromatic amines is 1. The number of para-hydroxylation sites is 1. The zero-order chi connectivity index (χ0) is 31.4. The maximum absolute atomic E-state index is 13.0. The maximum Gasteiger partial charge on any atom is 0.413 e. The number of nitrogens with one attached hydrogen (secondary N) is 2. The number of nitrogens with zero attached hydrogens (tertiary/aromatic N) is 3. The van der Waals surface area contributed by atoms with Gasteiger partial charge in [0.25, 0.3) is 0 Å². The average Bonchev–Trinajstić information content (AvgIpc) is 3.69. The number of tetrazole rings is 1. The van der Waals surface area contributed by atoms with Crippen LogP contribution in [0, 0.1) is 0 Å². The van der Waals surface area contributed by atoms with E-state index in [2.05, 4.69) is 90.0 Å². The summed E-state index contributed by atoms with van der Waals surface area (Å²) in [6.07, 6.45) is 2.15. The van der Waals surface area contributed by atoms with Gasteiger partial charge in [0.15, 0.2) is 12.4 Å². The number of amides is 1. The predicted molar refractivity (Wildman–Crippen MR) is 174 cm³/mol. The highest BCUT2D eigenvalue weighted by Crippen LogP contribution is 2.39. The Labute approximate surface area is 261 Å². The van der Waals surface area contributed by atoms with Crippen molar-refractivity contribution in [1.29, 1.82) is 0 Å². The van der Waals surface area contributed by atoms with E-state index in [1.807, 2.05) is 42.5 Å². The Morgan fingerprint density at radius 3 is 2.56 bits per heavy atom. The molecule has 1 amide bonds. The molecular weight excluding hydrogens is 566 g/mol. The van der Waals surface area contributed by atoms with Crippen LogP contribution in [-0.2, 0) is 25.0 Å². The third kappa shape index (κ3) is 6.67. The number of ether oxygens (including phenoxy) is 2. The first-order chi connectivity index (χ1) is 21.8. The number of hydrogen-bond donors (Lipinski definition) is 2. The first-order valence-corrected chi connectivity index (χ1v) is 15.3. The number of fused-ring (bicyclic) bond motifs is 2. The average molecular weight is 604 g/mol. The second-order valence-electron chi connectivity index (χ2n) is 12.1. The van der Waals surface area contributed by atoms with Crippen molar-refractivity contribution >= 4 is 27.8 Å². The second kappa shape index (κ2) is 12.8. The van der Waals surface area contributed by atoms with Gasteiger partial charge in [0, 0.05) is 18.5 Å². The van der Waals surface area contributed by atoms with Crippen LogP contribution >= 0.6 is 0 Å². The van der Waals surface area contributed by atoms with Gasteiger partial charge in [-0.25, -0.2) is 4.79 Å². The van der Waals surface area contributed by atoms with Crippen LogP contribution in [0.1, 0.15) is 63.2 Å². The molecule has 0 unspecified atom stereocenters. The smallest absolute Gasteiger partial charge is 0.413 e. The molecule has 4 aromatic carbocycles. The Bertz CT molecular complexity index is 1920. The highest BCUT2D eigenvalue weighted by molar-refractivity contribution is 6.00. The van der Waals surface area contributed by atoms with Gasteiger partial charge in [-0.15, -0.1) is 10.2 Å².